The summed E-state index contributed by atoms with van der Waals surface area (Å²) in [4.78, 5) is 20.1. The quantitative estimate of drug-likeness (QED) is 0.688. The summed E-state index contributed by atoms with van der Waals surface area (Å²) in [6, 6.07) is 15.6. The van der Waals surface area contributed by atoms with E-state index in [1.54, 1.807) is 30.3 Å². The third-order valence-electron chi connectivity index (χ3n) is 3.40. The van der Waals surface area contributed by atoms with Crippen molar-refractivity contribution in [3.05, 3.63) is 66.9 Å². The van der Waals surface area contributed by atoms with E-state index in [-0.39, 0.29) is 18.3 Å². The van der Waals surface area contributed by atoms with E-state index in [4.69, 9.17) is 4.74 Å². The molecule has 0 unspecified atom stereocenters. The first-order valence-corrected chi connectivity index (χ1v) is 8.06. The van der Waals surface area contributed by atoms with Gasteiger partial charge in [0.15, 0.2) is 6.61 Å². The van der Waals surface area contributed by atoms with Crippen molar-refractivity contribution in [1.29, 1.82) is 0 Å². The lowest BCUT2D eigenvalue weighted by Crippen LogP contribution is -2.21. The van der Waals surface area contributed by atoms with Crippen LogP contribution in [-0.4, -0.2) is 28.8 Å². The Labute approximate surface area is 158 Å². The molecule has 0 saturated carbocycles. The number of benzene rings is 2. The number of para-hydroxylation sites is 1. The standard InChI is InChI=1S/C19H14F3N3O3/c20-19(21,22)28-15-8-6-13(7-9-15)16-10-11-23-18(24-16)25-17(26)12-27-14-4-2-1-3-5-14/h1-11H,12H2,(H,23,24,25,26). The lowest BCUT2D eigenvalue weighted by molar-refractivity contribution is -0.274. The van der Waals surface area contributed by atoms with Crippen LogP contribution in [0.15, 0.2) is 66.9 Å². The summed E-state index contributed by atoms with van der Waals surface area (Å²) < 4.78 is 45.8. The van der Waals surface area contributed by atoms with Crippen molar-refractivity contribution < 1.29 is 27.4 Å². The van der Waals surface area contributed by atoms with Gasteiger partial charge in [-0.1, -0.05) is 18.2 Å². The molecule has 0 bridgehead atoms. The lowest BCUT2D eigenvalue weighted by Gasteiger charge is -2.10. The van der Waals surface area contributed by atoms with E-state index in [1.165, 1.54) is 30.5 Å². The van der Waals surface area contributed by atoms with E-state index < -0.39 is 12.3 Å². The number of amides is 1. The zero-order valence-electron chi connectivity index (χ0n) is 14.3. The number of aromatic nitrogens is 2. The Balaban J connectivity index is 1.62. The van der Waals surface area contributed by atoms with Gasteiger partial charge in [0, 0.05) is 11.8 Å². The fraction of sp³-hybridized carbons (Fsp3) is 0.105. The largest absolute Gasteiger partial charge is 0.573 e. The van der Waals surface area contributed by atoms with E-state index in [1.807, 2.05) is 6.07 Å². The van der Waals surface area contributed by atoms with Gasteiger partial charge in [-0.3, -0.25) is 10.1 Å². The third-order valence-corrected chi connectivity index (χ3v) is 3.40. The molecule has 0 radical (unpaired) electrons. The first-order valence-electron chi connectivity index (χ1n) is 8.06. The van der Waals surface area contributed by atoms with Crippen LogP contribution < -0.4 is 14.8 Å². The molecule has 6 nitrogen and oxygen atoms in total. The van der Waals surface area contributed by atoms with Crippen LogP contribution in [0.1, 0.15) is 0 Å². The normalized spacial score (nSPS) is 11.0. The van der Waals surface area contributed by atoms with Crippen LogP contribution in [0.25, 0.3) is 11.3 Å². The molecule has 0 aliphatic rings. The molecule has 0 aliphatic carbocycles. The first-order chi connectivity index (χ1) is 13.4. The molecule has 0 fully saturated rings. The Bertz CT molecular complexity index is 932. The number of hydrogen-bond acceptors (Lipinski definition) is 5. The molecule has 28 heavy (non-hydrogen) atoms. The van der Waals surface area contributed by atoms with E-state index in [0.717, 1.165) is 0 Å². The van der Waals surface area contributed by atoms with Crippen molar-refractivity contribution >= 4 is 11.9 Å². The molecule has 1 N–H and O–H groups in total. The van der Waals surface area contributed by atoms with Crippen molar-refractivity contribution in [2.75, 3.05) is 11.9 Å². The van der Waals surface area contributed by atoms with E-state index in [9.17, 15) is 18.0 Å². The second kappa shape index (κ2) is 8.38. The number of anilines is 1. The van der Waals surface area contributed by atoms with Gasteiger partial charge in [0.25, 0.3) is 5.91 Å². The van der Waals surface area contributed by atoms with Gasteiger partial charge >= 0.3 is 6.36 Å². The third kappa shape index (κ3) is 5.70. The zero-order valence-corrected chi connectivity index (χ0v) is 14.3. The highest BCUT2D eigenvalue weighted by Crippen LogP contribution is 2.25. The highest BCUT2D eigenvalue weighted by Gasteiger charge is 2.30. The van der Waals surface area contributed by atoms with Gasteiger partial charge in [-0.15, -0.1) is 13.2 Å². The number of nitrogens with zero attached hydrogens (tertiary/aromatic N) is 2. The highest BCUT2D eigenvalue weighted by atomic mass is 19.4. The van der Waals surface area contributed by atoms with Crippen molar-refractivity contribution in [3.8, 4) is 22.8 Å². The Kier molecular flexibility index (Phi) is 5.73. The van der Waals surface area contributed by atoms with Gasteiger partial charge in [-0.25, -0.2) is 9.97 Å². The minimum atomic E-state index is -4.75. The van der Waals surface area contributed by atoms with Gasteiger partial charge in [0.2, 0.25) is 5.95 Å². The molecule has 9 heteroatoms. The van der Waals surface area contributed by atoms with Gasteiger partial charge in [-0.2, -0.15) is 0 Å². The number of carbonyl (C=O) groups excluding carboxylic acids is 1. The van der Waals surface area contributed by atoms with Crippen molar-refractivity contribution in [3.63, 3.8) is 0 Å². The second-order valence-corrected chi connectivity index (χ2v) is 5.49. The summed E-state index contributed by atoms with van der Waals surface area (Å²) in [5.41, 5.74) is 0.959. The molecule has 0 spiro atoms. The number of ether oxygens (including phenoxy) is 2. The molecule has 1 heterocycles. The average molecular weight is 389 g/mol. The maximum Gasteiger partial charge on any atom is 0.573 e. The number of alkyl halides is 3. The van der Waals surface area contributed by atoms with Crippen LogP contribution in [0.5, 0.6) is 11.5 Å². The molecule has 1 amide bonds. The number of rotatable bonds is 6. The summed E-state index contributed by atoms with van der Waals surface area (Å²) in [7, 11) is 0. The SMILES string of the molecule is O=C(COc1ccccc1)Nc1nccc(-c2ccc(OC(F)(F)F)cc2)n1. The smallest absolute Gasteiger partial charge is 0.484 e. The summed E-state index contributed by atoms with van der Waals surface area (Å²) in [5, 5.41) is 2.51. The Morgan fingerprint density at radius 3 is 2.36 bits per heavy atom. The molecule has 0 aliphatic heterocycles. The Hall–Kier alpha value is -3.62. The van der Waals surface area contributed by atoms with Crippen molar-refractivity contribution in [2.24, 2.45) is 0 Å². The van der Waals surface area contributed by atoms with Gasteiger partial charge in [0.1, 0.15) is 11.5 Å². The van der Waals surface area contributed by atoms with Crippen LogP contribution >= 0.6 is 0 Å². The van der Waals surface area contributed by atoms with Crippen LogP contribution in [-0.2, 0) is 4.79 Å². The minimum Gasteiger partial charge on any atom is -0.484 e. The maximum absolute atomic E-state index is 12.2. The van der Waals surface area contributed by atoms with E-state index >= 15 is 0 Å². The number of halogens is 3. The van der Waals surface area contributed by atoms with Gasteiger partial charge in [0.05, 0.1) is 5.69 Å². The predicted octanol–water partition coefficient (Wildman–Crippen LogP) is 4.06. The van der Waals surface area contributed by atoms with Crippen molar-refractivity contribution in [2.45, 2.75) is 6.36 Å². The fourth-order valence-electron chi connectivity index (χ4n) is 2.23. The summed E-state index contributed by atoms with van der Waals surface area (Å²) in [6.07, 6.45) is -3.33. The zero-order chi connectivity index (χ0) is 20.0. The molecule has 2 aromatic carbocycles. The summed E-state index contributed by atoms with van der Waals surface area (Å²) in [5.74, 6) is -0.185. The minimum absolute atomic E-state index is 0.0507. The number of carbonyl (C=O) groups is 1. The average Bonchev–Trinajstić information content (AvgIpc) is 2.67. The summed E-state index contributed by atoms with van der Waals surface area (Å²) >= 11 is 0. The van der Waals surface area contributed by atoms with E-state index in [2.05, 4.69) is 20.0 Å². The molecular weight excluding hydrogens is 375 g/mol. The number of nitrogens with one attached hydrogen (secondary N) is 1. The van der Waals surface area contributed by atoms with Crippen LogP contribution in [0, 0.1) is 0 Å². The molecule has 3 aromatic rings. The molecule has 0 saturated heterocycles. The van der Waals surface area contributed by atoms with Crippen molar-refractivity contribution in [1.82, 2.24) is 9.97 Å². The lowest BCUT2D eigenvalue weighted by atomic mass is 10.1. The molecular formula is C19H14F3N3O3. The first kappa shape index (κ1) is 19.2. The fourth-order valence-corrected chi connectivity index (χ4v) is 2.23. The molecule has 144 valence electrons. The number of hydrogen-bond donors (Lipinski definition) is 1. The van der Waals surface area contributed by atoms with Crippen LogP contribution in [0.2, 0.25) is 0 Å². The van der Waals surface area contributed by atoms with E-state index in [0.29, 0.717) is 17.0 Å². The Morgan fingerprint density at radius 1 is 0.964 bits per heavy atom. The highest BCUT2D eigenvalue weighted by molar-refractivity contribution is 5.90. The second-order valence-electron chi connectivity index (χ2n) is 5.49. The molecule has 3 rings (SSSR count). The molecule has 0 atom stereocenters. The maximum atomic E-state index is 12.2. The topological polar surface area (TPSA) is 73.3 Å². The predicted molar refractivity (Wildman–Crippen MR) is 94.7 cm³/mol. The monoisotopic (exact) mass is 389 g/mol. The van der Waals surface area contributed by atoms with Crippen LogP contribution in [0.3, 0.4) is 0 Å². The molecule has 1 aromatic heterocycles. The van der Waals surface area contributed by atoms with Crippen LogP contribution in [0.4, 0.5) is 19.1 Å². The Morgan fingerprint density at radius 2 is 1.68 bits per heavy atom. The van der Waals surface area contributed by atoms with Gasteiger partial charge < -0.3 is 9.47 Å². The summed E-state index contributed by atoms with van der Waals surface area (Å²) in [6.45, 7) is -0.221. The van der Waals surface area contributed by atoms with Gasteiger partial charge in [-0.05, 0) is 42.5 Å².